The number of carbonyl (C=O) groups is 1. The van der Waals surface area contributed by atoms with Gasteiger partial charge in [0.1, 0.15) is 23.1 Å². The largest absolute Gasteiger partial charge is 0.349 e. The fourth-order valence-electron chi connectivity index (χ4n) is 3.85. The molecule has 1 aliphatic heterocycles. The molecule has 2 aromatic heterocycles. The Morgan fingerprint density at radius 1 is 1.28 bits per heavy atom. The first-order valence-corrected chi connectivity index (χ1v) is 9.61. The zero-order valence-corrected chi connectivity index (χ0v) is 15.6. The van der Waals surface area contributed by atoms with Crippen molar-refractivity contribution in [2.24, 2.45) is 5.73 Å². The number of carbonyl (C=O) groups excluding carboxylic acids is 1. The molecule has 1 atom stereocenters. The van der Waals surface area contributed by atoms with E-state index < -0.39 is 17.2 Å². The molecule has 0 radical (unpaired) electrons. The van der Waals surface area contributed by atoms with E-state index in [2.05, 4.69) is 15.4 Å². The van der Waals surface area contributed by atoms with E-state index in [4.69, 9.17) is 5.73 Å². The van der Waals surface area contributed by atoms with Crippen LogP contribution in [0.15, 0.2) is 36.7 Å². The SMILES string of the molecule is NC1(C(=O)Nc2cnn3ccc(N4CCC[C@@H]4c4cc(F)ccc4F)nc23)CC1. The highest BCUT2D eigenvalue weighted by Crippen LogP contribution is 2.37. The molecule has 0 spiro atoms. The number of fused-ring (bicyclic) bond motifs is 1. The Morgan fingerprint density at radius 3 is 2.90 bits per heavy atom. The quantitative estimate of drug-likeness (QED) is 0.706. The molecular weight excluding hydrogens is 378 g/mol. The summed E-state index contributed by atoms with van der Waals surface area (Å²) < 4.78 is 29.6. The number of amides is 1. The van der Waals surface area contributed by atoms with Crippen LogP contribution in [0.5, 0.6) is 0 Å². The minimum Gasteiger partial charge on any atom is -0.349 e. The molecule has 1 aliphatic carbocycles. The number of nitrogens with zero attached hydrogens (tertiary/aromatic N) is 4. The van der Waals surface area contributed by atoms with Gasteiger partial charge in [0.15, 0.2) is 5.65 Å². The van der Waals surface area contributed by atoms with E-state index in [0.29, 0.717) is 48.5 Å². The Hall–Kier alpha value is -3.07. The van der Waals surface area contributed by atoms with Crippen LogP contribution in [0.1, 0.15) is 37.3 Å². The maximum absolute atomic E-state index is 14.4. The van der Waals surface area contributed by atoms with Crippen LogP contribution in [-0.4, -0.2) is 32.6 Å². The number of nitrogens with two attached hydrogens (primary N) is 1. The Labute approximate surface area is 165 Å². The molecule has 1 aromatic carbocycles. The van der Waals surface area contributed by atoms with Gasteiger partial charge in [-0.05, 0) is 49.9 Å². The predicted octanol–water partition coefficient (Wildman–Crippen LogP) is 2.78. The number of hydrogen-bond acceptors (Lipinski definition) is 5. The molecule has 7 nitrogen and oxygen atoms in total. The number of anilines is 2. The summed E-state index contributed by atoms with van der Waals surface area (Å²) in [6.07, 6.45) is 6.12. The van der Waals surface area contributed by atoms with Gasteiger partial charge in [-0.1, -0.05) is 0 Å². The van der Waals surface area contributed by atoms with E-state index in [1.54, 1.807) is 16.8 Å². The van der Waals surface area contributed by atoms with Crippen LogP contribution in [0.3, 0.4) is 0 Å². The molecule has 0 unspecified atom stereocenters. The summed E-state index contributed by atoms with van der Waals surface area (Å²) in [5, 5.41) is 7.02. The summed E-state index contributed by atoms with van der Waals surface area (Å²) in [6.45, 7) is 0.672. The molecule has 1 saturated carbocycles. The summed E-state index contributed by atoms with van der Waals surface area (Å²) >= 11 is 0. The lowest BCUT2D eigenvalue weighted by Gasteiger charge is -2.26. The van der Waals surface area contributed by atoms with Crippen LogP contribution >= 0.6 is 0 Å². The third-order valence-electron chi connectivity index (χ3n) is 5.71. The molecule has 150 valence electrons. The monoisotopic (exact) mass is 398 g/mol. The van der Waals surface area contributed by atoms with Gasteiger partial charge in [0.05, 0.1) is 17.8 Å². The van der Waals surface area contributed by atoms with Gasteiger partial charge >= 0.3 is 0 Å². The number of nitrogens with one attached hydrogen (secondary N) is 1. The fraction of sp³-hybridized carbons (Fsp3) is 0.350. The van der Waals surface area contributed by atoms with E-state index in [9.17, 15) is 13.6 Å². The van der Waals surface area contributed by atoms with E-state index in [1.165, 1.54) is 12.3 Å². The molecule has 2 fully saturated rings. The highest BCUT2D eigenvalue weighted by atomic mass is 19.1. The molecular formula is C20H20F2N6O. The van der Waals surface area contributed by atoms with Gasteiger partial charge in [-0.3, -0.25) is 4.79 Å². The zero-order chi connectivity index (χ0) is 20.2. The summed E-state index contributed by atoms with van der Waals surface area (Å²) in [5.41, 5.74) is 6.43. The second-order valence-corrected chi connectivity index (χ2v) is 7.74. The Bertz CT molecular complexity index is 1110. The van der Waals surface area contributed by atoms with Crippen LogP contribution in [-0.2, 0) is 4.79 Å². The average molecular weight is 398 g/mol. The van der Waals surface area contributed by atoms with Crippen molar-refractivity contribution in [2.45, 2.75) is 37.3 Å². The summed E-state index contributed by atoms with van der Waals surface area (Å²) in [5.74, 6) is -0.526. The van der Waals surface area contributed by atoms with E-state index in [-0.39, 0.29) is 11.9 Å². The van der Waals surface area contributed by atoms with Crippen LogP contribution < -0.4 is 16.0 Å². The summed E-state index contributed by atoms with van der Waals surface area (Å²) in [4.78, 5) is 18.9. The van der Waals surface area contributed by atoms with Crippen molar-refractivity contribution in [1.82, 2.24) is 14.6 Å². The Kier molecular flexibility index (Phi) is 4.02. The highest BCUT2D eigenvalue weighted by molar-refractivity contribution is 6.02. The van der Waals surface area contributed by atoms with Gasteiger partial charge in [0.25, 0.3) is 0 Å². The number of halogens is 2. The van der Waals surface area contributed by atoms with Crippen molar-refractivity contribution >= 4 is 23.1 Å². The molecule has 0 bridgehead atoms. The standard InChI is InChI=1S/C20H20F2N6O/c21-12-3-4-14(22)13(10-12)16-2-1-8-27(16)17-5-9-28-18(26-17)15(11-24-28)25-19(29)20(23)6-7-20/h3-5,9-11,16H,1-2,6-8,23H2,(H,25,29)/t16-/m1/s1. The highest BCUT2D eigenvalue weighted by Gasteiger charge is 2.46. The molecule has 2 aliphatic rings. The maximum Gasteiger partial charge on any atom is 0.244 e. The second kappa shape index (κ2) is 6.48. The molecule has 3 heterocycles. The third kappa shape index (κ3) is 3.11. The van der Waals surface area contributed by atoms with Crippen LogP contribution in [0, 0.1) is 11.6 Å². The third-order valence-corrected chi connectivity index (χ3v) is 5.71. The number of rotatable bonds is 4. The van der Waals surface area contributed by atoms with Crippen molar-refractivity contribution in [3.8, 4) is 0 Å². The molecule has 3 N–H and O–H groups in total. The number of hydrogen-bond donors (Lipinski definition) is 2. The molecule has 1 saturated heterocycles. The van der Waals surface area contributed by atoms with Crippen LogP contribution in [0.4, 0.5) is 20.3 Å². The molecule has 29 heavy (non-hydrogen) atoms. The van der Waals surface area contributed by atoms with Crippen LogP contribution in [0.2, 0.25) is 0 Å². The lowest BCUT2D eigenvalue weighted by molar-refractivity contribution is -0.118. The van der Waals surface area contributed by atoms with E-state index in [0.717, 1.165) is 18.6 Å². The lowest BCUT2D eigenvalue weighted by atomic mass is 10.0. The molecule has 5 rings (SSSR count). The first-order chi connectivity index (χ1) is 13.9. The summed E-state index contributed by atoms with van der Waals surface area (Å²) in [7, 11) is 0. The number of benzene rings is 1. The lowest BCUT2D eigenvalue weighted by Crippen LogP contribution is -2.37. The topological polar surface area (TPSA) is 88.5 Å². The summed E-state index contributed by atoms with van der Waals surface area (Å²) in [6, 6.07) is 5.00. The van der Waals surface area contributed by atoms with Crippen molar-refractivity contribution in [3.05, 3.63) is 53.9 Å². The van der Waals surface area contributed by atoms with Gasteiger partial charge in [0, 0.05) is 18.3 Å². The zero-order valence-electron chi connectivity index (χ0n) is 15.6. The molecule has 1 amide bonds. The van der Waals surface area contributed by atoms with Gasteiger partial charge in [-0.25, -0.2) is 18.3 Å². The van der Waals surface area contributed by atoms with Crippen LogP contribution in [0.25, 0.3) is 5.65 Å². The average Bonchev–Trinajstić information content (AvgIpc) is 3.13. The first-order valence-electron chi connectivity index (χ1n) is 9.61. The van der Waals surface area contributed by atoms with Crippen molar-refractivity contribution in [1.29, 1.82) is 0 Å². The normalized spacial score (nSPS) is 20.2. The second-order valence-electron chi connectivity index (χ2n) is 7.74. The van der Waals surface area contributed by atoms with Crippen molar-refractivity contribution < 1.29 is 13.6 Å². The smallest absolute Gasteiger partial charge is 0.244 e. The minimum absolute atomic E-state index is 0.250. The van der Waals surface area contributed by atoms with E-state index in [1.807, 2.05) is 4.90 Å². The fourth-order valence-corrected chi connectivity index (χ4v) is 3.85. The minimum atomic E-state index is -0.805. The Balaban J connectivity index is 1.48. The molecule has 9 heteroatoms. The van der Waals surface area contributed by atoms with Gasteiger partial charge in [0.2, 0.25) is 5.91 Å². The van der Waals surface area contributed by atoms with Gasteiger partial charge < -0.3 is 16.0 Å². The van der Waals surface area contributed by atoms with E-state index >= 15 is 0 Å². The Morgan fingerprint density at radius 2 is 2.10 bits per heavy atom. The van der Waals surface area contributed by atoms with Gasteiger partial charge in [-0.15, -0.1) is 0 Å². The number of aromatic nitrogens is 3. The first kappa shape index (κ1) is 18.0. The molecule has 3 aromatic rings. The van der Waals surface area contributed by atoms with Crippen molar-refractivity contribution in [3.63, 3.8) is 0 Å². The van der Waals surface area contributed by atoms with Crippen molar-refractivity contribution in [2.75, 3.05) is 16.8 Å². The maximum atomic E-state index is 14.4. The predicted molar refractivity (Wildman–Crippen MR) is 103 cm³/mol. The van der Waals surface area contributed by atoms with Gasteiger partial charge in [-0.2, -0.15) is 5.10 Å².